The quantitative estimate of drug-likeness (QED) is 0.362. The zero-order chi connectivity index (χ0) is 8.57. The minimum atomic E-state index is -0.968. The molecule has 9 nitrogen and oxygen atoms in total. The molecule has 0 amide bonds. The molecule has 0 bridgehead atoms. The van der Waals surface area contributed by atoms with Gasteiger partial charge in [-0.2, -0.15) is 0 Å². The zero-order valence-electron chi connectivity index (χ0n) is 7.49. The van der Waals surface area contributed by atoms with Crippen LogP contribution >= 0.6 is 0 Å². The second kappa shape index (κ2) is 29.4. The Morgan fingerprint density at radius 1 is 0.857 bits per heavy atom. The van der Waals surface area contributed by atoms with E-state index in [1.54, 1.807) is 0 Å². The van der Waals surface area contributed by atoms with Gasteiger partial charge in [0.25, 0.3) is 0 Å². The molecule has 14 heavy (non-hydrogen) atoms. The Morgan fingerprint density at radius 2 is 0.929 bits per heavy atom. The van der Waals surface area contributed by atoms with Gasteiger partial charge in [0, 0.05) is 19.5 Å². The van der Waals surface area contributed by atoms with Gasteiger partial charge in [0.05, 0.1) is 13.1 Å². The Morgan fingerprint density at radius 3 is 0.929 bits per heavy atom. The van der Waals surface area contributed by atoms with Crippen LogP contribution in [0.5, 0.6) is 0 Å². The maximum atomic E-state index is 9.24. The van der Waals surface area contributed by atoms with Crippen molar-refractivity contribution in [3.8, 4) is 0 Å². The summed E-state index contributed by atoms with van der Waals surface area (Å²) < 4.78 is 0. The second-order valence-corrected chi connectivity index (χ2v) is 1.20. The molecule has 0 aromatic heterocycles. The first-order valence-electron chi connectivity index (χ1n) is 2.38. The normalized spacial score (nSPS) is 5.29. The molecule has 0 aliphatic rings. The number of hydrogen-bond acceptors (Lipinski definition) is 4. The molecule has 12 N–H and O–H groups in total. The van der Waals surface area contributed by atoms with Crippen molar-refractivity contribution in [2.45, 2.75) is 0 Å². The van der Waals surface area contributed by atoms with Gasteiger partial charge in [0.2, 0.25) is 0 Å². The molecule has 0 heterocycles. The van der Waals surface area contributed by atoms with Crippen LogP contribution in [-0.2, 0) is 29.1 Å². The molecule has 0 fully saturated rings. The number of carboxylic acids is 2. The Balaban J connectivity index is -0.0000000178. The van der Waals surface area contributed by atoms with Crippen molar-refractivity contribution >= 4 is 11.9 Å². The molecule has 0 atom stereocenters. The van der Waals surface area contributed by atoms with E-state index in [1.807, 2.05) is 0 Å². The van der Waals surface area contributed by atoms with E-state index < -0.39 is 11.9 Å². The van der Waals surface area contributed by atoms with Gasteiger partial charge in [0.1, 0.15) is 0 Å². The molecule has 86 valence electrons. The van der Waals surface area contributed by atoms with E-state index in [0.717, 1.165) is 0 Å². The third kappa shape index (κ3) is 108. The second-order valence-electron chi connectivity index (χ2n) is 1.20. The van der Waals surface area contributed by atoms with Crippen molar-refractivity contribution in [2.75, 3.05) is 13.1 Å². The number of carbonyl (C=O) groups is 2. The summed E-state index contributed by atoms with van der Waals surface area (Å²) in [5.74, 6) is -1.94. The zero-order valence-corrected chi connectivity index (χ0v) is 10.5. The van der Waals surface area contributed by atoms with Crippen molar-refractivity contribution < 1.29 is 55.7 Å². The smallest absolute Gasteiger partial charge is 0.317 e. The topological polar surface area (TPSA) is 221 Å². The van der Waals surface area contributed by atoms with E-state index in [-0.39, 0.29) is 49.0 Å². The number of hydrogen-bond donors (Lipinski definition) is 4. The average molecular weight is 270 g/mol. The number of nitrogens with two attached hydrogens (primary N) is 2. The maximum absolute atomic E-state index is 9.24. The molecule has 0 saturated carbocycles. The predicted molar refractivity (Wildman–Crippen MR) is 44.2 cm³/mol. The minimum Gasteiger partial charge on any atom is -0.480 e. The molecule has 10 heteroatoms. The van der Waals surface area contributed by atoms with Gasteiger partial charge >= 0.3 is 11.9 Å². The standard InChI is InChI=1S/2C2H5NO2.3H2O.Zn/c2*3-1-2(4)5;;;;/h2*1,3H2,(H,4,5);3*1H2;. The first kappa shape index (κ1) is 37.7. The summed E-state index contributed by atoms with van der Waals surface area (Å²) in [7, 11) is 0. The average Bonchev–Trinajstić information content (AvgIpc) is 1.89. The van der Waals surface area contributed by atoms with Crippen molar-refractivity contribution in [1.82, 2.24) is 0 Å². The summed E-state index contributed by atoms with van der Waals surface area (Å²) in [5, 5.41) is 15.2. The first-order valence-corrected chi connectivity index (χ1v) is 2.38. The van der Waals surface area contributed by atoms with Crippen molar-refractivity contribution in [3.63, 3.8) is 0 Å². The molecule has 0 aromatic rings. The molecule has 0 aliphatic heterocycles. The number of aliphatic carboxylic acids is 2. The fourth-order valence-electron chi connectivity index (χ4n) is 0. The van der Waals surface area contributed by atoms with Crippen LogP contribution in [0.2, 0.25) is 0 Å². The van der Waals surface area contributed by atoms with E-state index >= 15 is 0 Å². The van der Waals surface area contributed by atoms with Gasteiger partial charge in [0.15, 0.2) is 0 Å². The Labute approximate surface area is 92.8 Å². The maximum Gasteiger partial charge on any atom is 0.317 e. The van der Waals surface area contributed by atoms with Crippen LogP contribution in [-0.4, -0.2) is 51.7 Å². The first-order chi connectivity index (χ1) is 4.54. The molecule has 0 aromatic carbocycles. The Bertz CT molecular complexity index is 108. The minimum absolute atomic E-state index is 0. The number of rotatable bonds is 2. The van der Waals surface area contributed by atoms with Crippen molar-refractivity contribution in [1.29, 1.82) is 0 Å². The van der Waals surface area contributed by atoms with Crippen LogP contribution in [0.25, 0.3) is 0 Å². The summed E-state index contributed by atoms with van der Waals surface area (Å²) in [6, 6.07) is 0. The van der Waals surface area contributed by atoms with Crippen LogP contribution in [0.15, 0.2) is 0 Å². The van der Waals surface area contributed by atoms with E-state index in [2.05, 4.69) is 11.5 Å². The van der Waals surface area contributed by atoms with Gasteiger partial charge in [-0.05, 0) is 0 Å². The van der Waals surface area contributed by atoms with Gasteiger partial charge < -0.3 is 38.1 Å². The molecular formula is C4H16N2O7Zn. The third-order valence-electron chi connectivity index (χ3n) is 0.349. The Hall–Kier alpha value is -0.637. The molecule has 0 aliphatic carbocycles. The van der Waals surface area contributed by atoms with Gasteiger partial charge in [-0.15, -0.1) is 0 Å². The summed E-state index contributed by atoms with van der Waals surface area (Å²) in [5.41, 5.74) is 9.14. The van der Waals surface area contributed by atoms with Gasteiger partial charge in [-0.1, -0.05) is 0 Å². The van der Waals surface area contributed by atoms with Crippen LogP contribution in [0.3, 0.4) is 0 Å². The summed E-state index contributed by atoms with van der Waals surface area (Å²) in [4.78, 5) is 18.5. The van der Waals surface area contributed by atoms with Crippen LogP contribution < -0.4 is 11.5 Å². The van der Waals surface area contributed by atoms with Gasteiger partial charge in [-0.25, -0.2) is 0 Å². The molecule has 0 radical (unpaired) electrons. The van der Waals surface area contributed by atoms with Gasteiger partial charge in [-0.3, -0.25) is 9.59 Å². The molecule has 0 rings (SSSR count). The van der Waals surface area contributed by atoms with Crippen LogP contribution in [0, 0.1) is 0 Å². The van der Waals surface area contributed by atoms with E-state index in [1.165, 1.54) is 0 Å². The van der Waals surface area contributed by atoms with Crippen molar-refractivity contribution in [2.24, 2.45) is 11.5 Å². The van der Waals surface area contributed by atoms with Crippen LogP contribution in [0.1, 0.15) is 0 Å². The SMILES string of the molecule is NCC(=O)O.NCC(=O)O.O.O.O.[Zn]. The summed E-state index contributed by atoms with van der Waals surface area (Å²) in [6.07, 6.45) is 0. The predicted octanol–water partition coefficient (Wildman–Crippen LogP) is -4.42. The fraction of sp³-hybridized carbons (Fsp3) is 0.500. The molecule has 0 spiro atoms. The molecule has 0 unspecified atom stereocenters. The van der Waals surface area contributed by atoms with E-state index in [4.69, 9.17) is 10.2 Å². The third-order valence-corrected chi connectivity index (χ3v) is 0.349. The van der Waals surface area contributed by atoms with Crippen molar-refractivity contribution in [3.05, 3.63) is 0 Å². The van der Waals surface area contributed by atoms with E-state index in [0.29, 0.717) is 0 Å². The fourth-order valence-corrected chi connectivity index (χ4v) is 0. The van der Waals surface area contributed by atoms with E-state index in [9.17, 15) is 9.59 Å². The Kier molecular flexibility index (Phi) is 79.2. The summed E-state index contributed by atoms with van der Waals surface area (Å²) >= 11 is 0. The molecule has 0 saturated heterocycles. The monoisotopic (exact) mass is 268 g/mol. The summed E-state index contributed by atoms with van der Waals surface area (Å²) in [6.45, 7) is -0.556. The number of carboxylic acid groups (broad SMARTS) is 2. The molecular weight excluding hydrogens is 253 g/mol. The van der Waals surface area contributed by atoms with Crippen LogP contribution in [0.4, 0.5) is 0 Å². The largest absolute Gasteiger partial charge is 0.480 e.